The average molecular weight is 417 g/mol. The van der Waals surface area contributed by atoms with Crippen molar-refractivity contribution in [3.63, 3.8) is 0 Å². The zero-order valence-electron chi connectivity index (χ0n) is 17.0. The second-order valence-electron chi connectivity index (χ2n) is 6.76. The van der Waals surface area contributed by atoms with Crippen LogP contribution >= 0.6 is 0 Å². The Morgan fingerprint density at radius 2 is 1.79 bits per heavy atom. The second kappa shape index (κ2) is 10.2. The molecule has 0 fully saturated rings. The molecule has 0 saturated heterocycles. The fraction of sp³-hybridized carbons (Fsp3) is 0.318. The van der Waals surface area contributed by atoms with Crippen LogP contribution in [0.15, 0.2) is 66.1 Å². The molecule has 29 heavy (non-hydrogen) atoms. The first-order valence-corrected chi connectivity index (χ1v) is 11.0. The number of ether oxygens (including phenoxy) is 1. The molecule has 0 aliphatic carbocycles. The summed E-state index contributed by atoms with van der Waals surface area (Å²) in [5, 5.41) is 2.75. The minimum atomic E-state index is -3.60. The number of carbonyl (C=O) groups excluding carboxylic acids is 1. The van der Waals surface area contributed by atoms with E-state index in [1.54, 1.807) is 19.1 Å². The van der Waals surface area contributed by atoms with Crippen molar-refractivity contribution >= 4 is 21.6 Å². The number of benzene rings is 2. The summed E-state index contributed by atoms with van der Waals surface area (Å²) in [6.45, 7) is 9.54. The number of nitrogens with one attached hydrogen (secondary N) is 2. The van der Waals surface area contributed by atoms with Crippen LogP contribution in [0.3, 0.4) is 0 Å². The minimum absolute atomic E-state index is 0.115. The lowest BCUT2D eigenvalue weighted by Crippen LogP contribution is -2.30. The van der Waals surface area contributed by atoms with Crippen molar-refractivity contribution in [2.45, 2.75) is 44.1 Å². The molecule has 2 aromatic rings. The van der Waals surface area contributed by atoms with Crippen LogP contribution in [0.25, 0.3) is 0 Å². The molecule has 0 aliphatic heterocycles. The van der Waals surface area contributed by atoms with E-state index in [9.17, 15) is 13.2 Å². The van der Waals surface area contributed by atoms with E-state index in [-0.39, 0.29) is 17.3 Å². The highest BCUT2D eigenvalue weighted by molar-refractivity contribution is 7.89. The number of carbonyl (C=O) groups is 1. The van der Waals surface area contributed by atoms with Gasteiger partial charge in [-0.15, -0.1) is 6.58 Å². The van der Waals surface area contributed by atoms with E-state index in [1.165, 1.54) is 18.2 Å². The standard InChI is InChI=1S/C22H28N2O4S/c1-5-15-23-29(26,27)19-13-11-18(12-14-19)24-22(25)17(4)28-21-10-8-7-9-20(21)16(3)6-2/h5,7-14,16-17,23H,1,6,15H2,2-4H3,(H,24,25). The van der Waals surface area contributed by atoms with E-state index in [1.807, 2.05) is 24.3 Å². The molecular weight excluding hydrogens is 388 g/mol. The Balaban J connectivity index is 2.04. The molecule has 7 heteroatoms. The first-order chi connectivity index (χ1) is 13.8. The number of para-hydroxylation sites is 1. The van der Waals surface area contributed by atoms with Crippen molar-refractivity contribution < 1.29 is 17.9 Å². The van der Waals surface area contributed by atoms with Gasteiger partial charge in [0.1, 0.15) is 5.75 Å². The van der Waals surface area contributed by atoms with Gasteiger partial charge in [-0.1, -0.05) is 38.1 Å². The molecular formula is C22H28N2O4S. The van der Waals surface area contributed by atoms with Crippen LogP contribution < -0.4 is 14.8 Å². The van der Waals surface area contributed by atoms with E-state index in [4.69, 9.17) is 4.74 Å². The van der Waals surface area contributed by atoms with E-state index in [2.05, 4.69) is 30.5 Å². The summed E-state index contributed by atoms with van der Waals surface area (Å²) >= 11 is 0. The molecule has 6 nitrogen and oxygen atoms in total. The second-order valence-corrected chi connectivity index (χ2v) is 8.53. The topological polar surface area (TPSA) is 84.5 Å². The summed E-state index contributed by atoms with van der Waals surface area (Å²) in [5.41, 5.74) is 1.56. The fourth-order valence-corrected chi connectivity index (χ4v) is 3.67. The van der Waals surface area contributed by atoms with Gasteiger partial charge in [0.25, 0.3) is 5.91 Å². The molecule has 0 saturated carbocycles. The monoisotopic (exact) mass is 416 g/mol. The van der Waals surface area contributed by atoms with Crippen LogP contribution in [0, 0.1) is 0 Å². The molecule has 0 aliphatic rings. The van der Waals surface area contributed by atoms with Gasteiger partial charge in [0.05, 0.1) is 4.90 Å². The number of rotatable bonds is 10. The molecule has 0 radical (unpaired) electrons. The summed E-state index contributed by atoms with van der Waals surface area (Å²) in [6, 6.07) is 13.7. The van der Waals surface area contributed by atoms with Crippen molar-refractivity contribution in [2.24, 2.45) is 0 Å². The predicted molar refractivity (Wildman–Crippen MR) is 116 cm³/mol. The van der Waals surface area contributed by atoms with Crippen molar-refractivity contribution in [3.05, 3.63) is 66.7 Å². The lowest BCUT2D eigenvalue weighted by Gasteiger charge is -2.19. The van der Waals surface area contributed by atoms with Gasteiger partial charge in [-0.25, -0.2) is 13.1 Å². The Morgan fingerprint density at radius 3 is 2.41 bits per heavy atom. The quantitative estimate of drug-likeness (QED) is 0.572. The molecule has 0 spiro atoms. The minimum Gasteiger partial charge on any atom is -0.481 e. The number of sulfonamides is 1. The molecule has 0 heterocycles. The number of anilines is 1. The maximum absolute atomic E-state index is 12.5. The zero-order chi connectivity index (χ0) is 21.4. The van der Waals surface area contributed by atoms with Gasteiger partial charge in [0, 0.05) is 12.2 Å². The molecule has 2 rings (SSSR count). The van der Waals surface area contributed by atoms with E-state index in [0.29, 0.717) is 17.4 Å². The van der Waals surface area contributed by atoms with Gasteiger partial charge in [-0.05, 0) is 55.2 Å². The smallest absolute Gasteiger partial charge is 0.265 e. The Kier molecular flexibility index (Phi) is 7.99. The molecule has 1 amide bonds. The summed E-state index contributed by atoms with van der Waals surface area (Å²) < 4.78 is 32.5. The molecule has 0 aromatic heterocycles. The third-order valence-corrected chi connectivity index (χ3v) is 6.02. The number of amides is 1. The van der Waals surface area contributed by atoms with Crippen molar-refractivity contribution in [1.82, 2.24) is 4.72 Å². The summed E-state index contributed by atoms with van der Waals surface area (Å²) in [5.74, 6) is 0.703. The molecule has 2 atom stereocenters. The Labute approximate surface area is 173 Å². The fourth-order valence-electron chi connectivity index (χ4n) is 2.67. The van der Waals surface area contributed by atoms with E-state index < -0.39 is 16.1 Å². The number of hydrogen-bond donors (Lipinski definition) is 2. The third-order valence-electron chi connectivity index (χ3n) is 4.59. The average Bonchev–Trinajstić information content (AvgIpc) is 2.72. The van der Waals surface area contributed by atoms with E-state index in [0.717, 1.165) is 12.0 Å². The van der Waals surface area contributed by atoms with E-state index >= 15 is 0 Å². The van der Waals surface area contributed by atoms with Gasteiger partial charge >= 0.3 is 0 Å². The van der Waals surface area contributed by atoms with Crippen LogP contribution in [0.2, 0.25) is 0 Å². The summed E-state index contributed by atoms with van der Waals surface area (Å²) in [4.78, 5) is 12.6. The lowest BCUT2D eigenvalue weighted by molar-refractivity contribution is -0.122. The summed E-state index contributed by atoms with van der Waals surface area (Å²) in [6.07, 6.45) is 1.73. The first-order valence-electron chi connectivity index (χ1n) is 9.55. The normalized spacial score (nSPS) is 13.3. The maximum atomic E-state index is 12.5. The summed E-state index contributed by atoms with van der Waals surface area (Å²) in [7, 11) is -3.60. The molecule has 0 bridgehead atoms. The molecule has 2 unspecified atom stereocenters. The lowest BCUT2D eigenvalue weighted by atomic mass is 9.98. The van der Waals surface area contributed by atoms with Crippen LogP contribution in [-0.2, 0) is 14.8 Å². The van der Waals surface area contributed by atoms with Crippen molar-refractivity contribution in [2.75, 3.05) is 11.9 Å². The SMILES string of the molecule is C=CCNS(=O)(=O)c1ccc(NC(=O)C(C)Oc2ccccc2C(C)CC)cc1. The maximum Gasteiger partial charge on any atom is 0.265 e. The van der Waals surface area contributed by atoms with Crippen LogP contribution in [0.4, 0.5) is 5.69 Å². The van der Waals surface area contributed by atoms with Gasteiger partial charge in [0.2, 0.25) is 10.0 Å². The highest BCUT2D eigenvalue weighted by Gasteiger charge is 2.19. The number of hydrogen-bond acceptors (Lipinski definition) is 4. The van der Waals surface area contributed by atoms with Gasteiger partial charge < -0.3 is 10.1 Å². The molecule has 2 aromatic carbocycles. The molecule has 2 N–H and O–H groups in total. The Morgan fingerprint density at radius 1 is 1.14 bits per heavy atom. The van der Waals surface area contributed by atoms with Crippen molar-refractivity contribution in [3.8, 4) is 5.75 Å². The zero-order valence-corrected chi connectivity index (χ0v) is 17.8. The largest absolute Gasteiger partial charge is 0.481 e. The third kappa shape index (κ3) is 6.17. The highest BCUT2D eigenvalue weighted by atomic mass is 32.2. The highest BCUT2D eigenvalue weighted by Crippen LogP contribution is 2.29. The van der Waals surface area contributed by atoms with Gasteiger partial charge in [-0.2, -0.15) is 0 Å². The Hall–Kier alpha value is -2.64. The predicted octanol–water partition coefficient (Wildman–Crippen LogP) is 4.07. The van der Waals surface area contributed by atoms with Gasteiger partial charge in [-0.3, -0.25) is 4.79 Å². The van der Waals surface area contributed by atoms with Crippen LogP contribution in [0.1, 0.15) is 38.7 Å². The van der Waals surface area contributed by atoms with Gasteiger partial charge in [0.15, 0.2) is 6.10 Å². The Bertz CT molecular complexity index is 940. The first kappa shape index (κ1) is 22.6. The molecule has 156 valence electrons. The van der Waals surface area contributed by atoms with Crippen LogP contribution in [0.5, 0.6) is 5.75 Å². The van der Waals surface area contributed by atoms with Crippen molar-refractivity contribution in [1.29, 1.82) is 0 Å². The van der Waals surface area contributed by atoms with Crippen LogP contribution in [-0.4, -0.2) is 27.0 Å².